The van der Waals surface area contributed by atoms with Crippen molar-refractivity contribution in [3.05, 3.63) is 59.8 Å². The van der Waals surface area contributed by atoms with Crippen LogP contribution >= 0.6 is 11.6 Å². The van der Waals surface area contributed by atoms with Crippen LogP contribution in [0.2, 0.25) is 5.02 Å². The molecule has 0 radical (unpaired) electrons. The monoisotopic (exact) mass is 454 g/mol. The van der Waals surface area contributed by atoms with Crippen molar-refractivity contribution < 1.29 is 4.79 Å². The predicted molar refractivity (Wildman–Crippen MR) is 132 cm³/mol. The molecule has 1 fully saturated rings. The zero-order chi connectivity index (χ0) is 23.3. The number of carbonyl (C=O) groups is 1. The lowest BCUT2D eigenvalue weighted by Gasteiger charge is -2.33. The summed E-state index contributed by atoms with van der Waals surface area (Å²) < 4.78 is 1.92. The summed E-state index contributed by atoms with van der Waals surface area (Å²) in [4.78, 5) is 16.6. The van der Waals surface area contributed by atoms with E-state index in [1.807, 2.05) is 58.9 Å². The first kappa shape index (κ1) is 23.8. The maximum Gasteiger partial charge on any atom is 0.246 e. The molecule has 32 heavy (non-hydrogen) atoms. The first-order valence-electron chi connectivity index (χ1n) is 10.7. The molecule has 2 aromatic rings. The van der Waals surface area contributed by atoms with Gasteiger partial charge in [0.2, 0.25) is 5.91 Å². The second-order valence-electron chi connectivity index (χ2n) is 8.24. The third-order valence-corrected chi connectivity index (χ3v) is 5.68. The highest BCUT2D eigenvalue weighted by atomic mass is 35.5. The summed E-state index contributed by atoms with van der Waals surface area (Å²) in [6.45, 7) is 7.58. The Morgan fingerprint density at radius 1 is 1.38 bits per heavy atom. The summed E-state index contributed by atoms with van der Waals surface area (Å²) in [6.07, 6.45) is 6.93. The van der Waals surface area contributed by atoms with Gasteiger partial charge in [0, 0.05) is 42.0 Å². The number of anilines is 1. The maximum absolute atomic E-state index is 12.7. The third-order valence-electron chi connectivity index (χ3n) is 5.43. The molecule has 0 spiro atoms. The van der Waals surface area contributed by atoms with E-state index in [0.29, 0.717) is 23.0 Å². The molecule has 0 saturated carbocycles. The first-order valence-corrected chi connectivity index (χ1v) is 11.1. The fourth-order valence-electron chi connectivity index (χ4n) is 3.92. The van der Waals surface area contributed by atoms with Crippen molar-refractivity contribution in [3.8, 4) is 11.3 Å². The zero-order valence-corrected chi connectivity index (χ0v) is 19.7. The van der Waals surface area contributed by atoms with Crippen molar-refractivity contribution in [1.29, 1.82) is 5.41 Å². The van der Waals surface area contributed by atoms with Crippen molar-refractivity contribution in [2.24, 2.45) is 0 Å². The average Bonchev–Trinajstić information content (AvgIpc) is 3.14. The minimum atomic E-state index is -0.00320. The lowest BCUT2D eigenvalue weighted by Crippen LogP contribution is -2.40. The molecule has 170 valence electrons. The number of likely N-dealkylation sites (tertiary alicyclic amines) is 1. The number of carbonyl (C=O) groups excluding carboxylic acids is 1. The molecule has 8 heteroatoms. The van der Waals surface area contributed by atoms with E-state index in [1.54, 1.807) is 19.2 Å². The Bertz CT molecular complexity index is 1010. The largest absolute Gasteiger partial charge is 0.347 e. The predicted octanol–water partition coefficient (Wildman–Crippen LogP) is 4.43. The first-order chi connectivity index (χ1) is 15.3. The highest BCUT2D eigenvalue weighted by Gasteiger charge is 2.29. The molecule has 0 aliphatic carbocycles. The molecule has 1 saturated heterocycles. The van der Waals surface area contributed by atoms with E-state index >= 15 is 0 Å². The van der Waals surface area contributed by atoms with Crippen molar-refractivity contribution in [2.45, 2.75) is 25.8 Å². The Hall–Kier alpha value is -2.90. The Kier molecular flexibility index (Phi) is 7.88. The molecule has 1 aromatic heterocycles. The number of hydrogen-bond acceptors (Lipinski definition) is 5. The van der Waals surface area contributed by atoms with Gasteiger partial charge in [-0.1, -0.05) is 36.4 Å². The summed E-state index contributed by atoms with van der Waals surface area (Å²) in [5, 5.41) is 17.2. The van der Waals surface area contributed by atoms with Crippen LogP contribution in [0.1, 0.15) is 31.4 Å². The van der Waals surface area contributed by atoms with Crippen LogP contribution in [0.5, 0.6) is 0 Å². The fraction of sp³-hybridized carbons (Fsp3) is 0.375. The Labute approximate surface area is 194 Å². The number of benzene rings is 1. The number of rotatable bonds is 8. The van der Waals surface area contributed by atoms with Crippen LogP contribution < -0.4 is 5.32 Å². The summed E-state index contributed by atoms with van der Waals surface area (Å²) in [5.41, 5.74) is 2.73. The van der Waals surface area contributed by atoms with E-state index in [9.17, 15) is 4.79 Å². The molecule has 1 aliphatic rings. The van der Waals surface area contributed by atoms with Crippen molar-refractivity contribution >= 4 is 29.0 Å². The molecule has 3 rings (SSSR count). The smallest absolute Gasteiger partial charge is 0.246 e. The number of aromatic nitrogens is 2. The van der Waals surface area contributed by atoms with Gasteiger partial charge in [-0.15, -0.1) is 0 Å². The van der Waals surface area contributed by atoms with Crippen molar-refractivity contribution in [2.75, 3.05) is 39.0 Å². The van der Waals surface area contributed by atoms with Crippen LogP contribution in [0.4, 0.5) is 5.82 Å². The SMILES string of the molecule is C=CNc1c(C(C)=N)c(-c2ccc(Cl)cc2)nn1C1CCCN(C(=O)/C=C/CN(C)C)C1. The number of hydrogen-bond donors (Lipinski definition) is 2. The molecule has 7 nitrogen and oxygen atoms in total. The summed E-state index contributed by atoms with van der Waals surface area (Å²) >= 11 is 6.07. The van der Waals surface area contributed by atoms with Gasteiger partial charge in [-0.3, -0.25) is 4.79 Å². The van der Waals surface area contributed by atoms with Gasteiger partial charge in [0.1, 0.15) is 11.5 Å². The summed E-state index contributed by atoms with van der Waals surface area (Å²) in [6, 6.07) is 7.45. The van der Waals surface area contributed by atoms with E-state index in [0.717, 1.165) is 42.9 Å². The molecule has 0 bridgehead atoms. The van der Waals surface area contributed by atoms with Gasteiger partial charge >= 0.3 is 0 Å². The van der Waals surface area contributed by atoms with Gasteiger partial charge < -0.3 is 20.5 Å². The van der Waals surface area contributed by atoms with E-state index in [-0.39, 0.29) is 11.9 Å². The number of likely N-dealkylation sites (N-methyl/N-ethyl adjacent to an activating group) is 1. The normalized spacial score (nSPS) is 16.5. The highest BCUT2D eigenvalue weighted by molar-refractivity contribution is 6.30. The van der Waals surface area contributed by atoms with Crippen LogP contribution in [-0.2, 0) is 4.79 Å². The van der Waals surface area contributed by atoms with E-state index in [1.165, 1.54) is 0 Å². The molecule has 1 atom stereocenters. The Morgan fingerprint density at radius 2 is 2.09 bits per heavy atom. The molecule has 1 aliphatic heterocycles. The van der Waals surface area contributed by atoms with Gasteiger partial charge in [-0.05, 0) is 52.2 Å². The second kappa shape index (κ2) is 10.6. The van der Waals surface area contributed by atoms with E-state index in [2.05, 4.69) is 11.9 Å². The maximum atomic E-state index is 12.7. The van der Waals surface area contributed by atoms with Crippen LogP contribution in [-0.4, -0.2) is 64.9 Å². The number of amides is 1. The lowest BCUT2D eigenvalue weighted by atomic mass is 10.0. The van der Waals surface area contributed by atoms with Gasteiger partial charge in [0.15, 0.2) is 0 Å². The highest BCUT2D eigenvalue weighted by Crippen LogP contribution is 2.34. The van der Waals surface area contributed by atoms with E-state index in [4.69, 9.17) is 22.1 Å². The number of halogens is 1. The van der Waals surface area contributed by atoms with E-state index < -0.39 is 0 Å². The van der Waals surface area contributed by atoms with Gasteiger partial charge in [-0.2, -0.15) is 5.10 Å². The average molecular weight is 455 g/mol. The van der Waals surface area contributed by atoms with Crippen LogP contribution in [0.15, 0.2) is 49.2 Å². The summed E-state index contributed by atoms with van der Waals surface area (Å²) in [5.74, 6) is 0.739. The fourth-order valence-corrected chi connectivity index (χ4v) is 4.05. The number of nitrogens with zero attached hydrogens (tertiary/aromatic N) is 4. The molecule has 2 N–H and O–H groups in total. The summed E-state index contributed by atoms with van der Waals surface area (Å²) in [7, 11) is 3.94. The molecular formula is C24H31ClN6O. The molecule has 2 heterocycles. The zero-order valence-electron chi connectivity index (χ0n) is 18.9. The number of piperidine rings is 1. The van der Waals surface area contributed by atoms with Crippen molar-refractivity contribution in [1.82, 2.24) is 19.6 Å². The van der Waals surface area contributed by atoms with Gasteiger partial charge in [-0.25, -0.2) is 4.68 Å². The van der Waals surface area contributed by atoms with Crippen LogP contribution in [0.25, 0.3) is 11.3 Å². The molecule has 1 unspecified atom stereocenters. The Balaban J connectivity index is 1.95. The van der Waals surface area contributed by atoms with Crippen LogP contribution in [0, 0.1) is 5.41 Å². The minimum absolute atomic E-state index is 0.00320. The van der Waals surface area contributed by atoms with Gasteiger partial charge in [0.05, 0.1) is 11.6 Å². The quantitative estimate of drug-likeness (QED) is 0.457. The molecule has 1 amide bonds. The Morgan fingerprint density at radius 3 is 2.72 bits per heavy atom. The van der Waals surface area contributed by atoms with Gasteiger partial charge in [0.25, 0.3) is 0 Å². The molecule has 1 aromatic carbocycles. The standard InChI is InChI=1S/C24H31ClN6O/c1-5-27-24-22(17(2)26)23(18-10-12-19(25)13-11-18)28-31(24)20-8-6-15-30(16-20)21(32)9-7-14-29(3)4/h5,7,9-13,20,26-27H,1,6,8,14-16H2,2-4H3/b9-7+,26-17?. The third kappa shape index (κ3) is 5.47. The van der Waals surface area contributed by atoms with Crippen LogP contribution in [0.3, 0.4) is 0 Å². The second-order valence-corrected chi connectivity index (χ2v) is 8.68. The number of nitrogens with one attached hydrogen (secondary N) is 2. The minimum Gasteiger partial charge on any atom is -0.347 e. The van der Waals surface area contributed by atoms with Crippen molar-refractivity contribution in [3.63, 3.8) is 0 Å². The topological polar surface area (TPSA) is 77.2 Å². The molecular weight excluding hydrogens is 424 g/mol. The lowest BCUT2D eigenvalue weighted by molar-refractivity contribution is -0.127.